The van der Waals surface area contributed by atoms with E-state index in [0.29, 0.717) is 5.78 Å². The molecule has 0 spiro atoms. The zero-order chi connectivity index (χ0) is 8.97. The summed E-state index contributed by atoms with van der Waals surface area (Å²) in [6, 6.07) is 0. The van der Waals surface area contributed by atoms with Gasteiger partial charge in [0.25, 0.3) is 0 Å². The molecule has 0 aliphatic heterocycles. The van der Waals surface area contributed by atoms with E-state index in [1.54, 1.807) is 0 Å². The normalized spacial score (nSPS) is 19.5. The number of rotatable bonds is 4. The Morgan fingerprint density at radius 3 is 2.75 bits per heavy atom. The molecule has 1 heteroatoms. The first-order valence-electron chi connectivity index (χ1n) is 4.94. The van der Waals surface area contributed by atoms with Gasteiger partial charge in [-0.25, -0.2) is 0 Å². The Hall–Kier alpha value is -0.590. The van der Waals surface area contributed by atoms with Gasteiger partial charge in [-0.2, -0.15) is 0 Å². The maximum absolute atomic E-state index is 10.9. The molecule has 68 valence electrons. The molecule has 0 saturated heterocycles. The minimum Gasteiger partial charge on any atom is -0.295 e. The molecular weight excluding hydrogens is 148 g/mol. The van der Waals surface area contributed by atoms with Crippen LogP contribution in [0.2, 0.25) is 0 Å². The first-order chi connectivity index (χ1) is 5.72. The standard InChI is InChI=1S/C11H18O/c1-3-4-9(2)7-10-5-6-11(12)8-10/h8-9H,3-7H2,1-2H3. The van der Waals surface area contributed by atoms with Crippen molar-refractivity contribution in [2.24, 2.45) is 5.92 Å². The average Bonchev–Trinajstić information content (AvgIpc) is 2.36. The molecule has 1 aliphatic rings. The Balaban J connectivity index is 2.31. The van der Waals surface area contributed by atoms with Gasteiger partial charge in [0, 0.05) is 6.42 Å². The van der Waals surface area contributed by atoms with E-state index in [0.717, 1.165) is 25.2 Å². The third-order valence-corrected chi connectivity index (χ3v) is 2.45. The summed E-state index contributed by atoms with van der Waals surface area (Å²) in [4.78, 5) is 10.9. The molecule has 0 fully saturated rings. The highest BCUT2D eigenvalue weighted by Crippen LogP contribution is 2.24. The van der Waals surface area contributed by atoms with Crippen LogP contribution in [-0.4, -0.2) is 5.78 Å². The van der Waals surface area contributed by atoms with Crippen molar-refractivity contribution in [3.63, 3.8) is 0 Å². The fourth-order valence-corrected chi connectivity index (χ4v) is 1.86. The SMILES string of the molecule is CCCC(C)CC1=CC(=O)CC1. The Kier molecular flexibility index (Phi) is 3.51. The Morgan fingerprint density at radius 1 is 1.50 bits per heavy atom. The number of carbonyl (C=O) groups is 1. The lowest BCUT2D eigenvalue weighted by Gasteiger charge is -2.09. The number of allylic oxidation sites excluding steroid dienone is 2. The second-order valence-corrected chi connectivity index (χ2v) is 3.87. The zero-order valence-corrected chi connectivity index (χ0v) is 8.10. The van der Waals surface area contributed by atoms with Crippen LogP contribution in [0.4, 0.5) is 0 Å². The van der Waals surface area contributed by atoms with Crippen LogP contribution in [0.15, 0.2) is 11.6 Å². The van der Waals surface area contributed by atoms with Gasteiger partial charge in [0.1, 0.15) is 0 Å². The molecule has 1 unspecified atom stereocenters. The van der Waals surface area contributed by atoms with Crippen molar-refractivity contribution in [2.75, 3.05) is 0 Å². The molecule has 12 heavy (non-hydrogen) atoms. The third-order valence-electron chi connectivity index (χ3n) is 2.45. The van der Waals surface area contributed by atoms with Crippen molar-refractivity contribution in [1.82, 2.24) is 0 Å². The van der Waals surface area contributed by atoms with Crippen molar-refractivity contribution in [3.8, 4) is 0 Å². The molecule has 0 aromatic heterocycles. The lowest BCUT2D eigenvalue weighted by molar-refractivity contribution is -0.114. The summed E-state index contributed by atoms with van der Waals surface area (Å²) >= 11 is 0. The van der Waals surface area contributed by atoms with Crippen LogP contribution in [0, 0.1) is 5.92 Å². The van der Waals surface area contributed by atoms with Crippen molar-refractivity contribution in [3.05, 3.63) is 11.6 Å². The van der Waals surface area contributed by atoms with Crippen LogP contribution in [-0.2, 0) is 4.79 Å². The van der Waals surface area contributed by atoms with Gasteiger partial charge >= 0.3 is 0 Å². The summed E-state index contributed by atoms with van der Waals surface area (Å²) in [6.45, 7) is 4.48. The fraction of sp³-hybridized carbons (Fsp3) is 0.727. The molecule has 1 rings (SSSR count). The zero-order valence-electron chi connectivity index (χ0n) is 8.10. The molecule has 0 N–H and O–H groups in total. The van der Waals surface area contributed by atoms with Crippen LogP contribution in [0.5, 0.6) is 0 Å². The average molecular weight is 166 g/mol. The molecule has 0 bridgehead atoms. The van der Waals surface area contributed by atoms with Crippen LogP contribution in [0.1, 0.15) is 46.0 Å². The van der Waals surface area contributed by atoms with E-state index >= 15 is 0 Å². The molecule has 1 atom stereocenters. The van der Waals surface area contributed by atoms with Crippen LogP contribution in [0.25, 0.3) is 0 Å². The second-order valence-electron chi connectivity index (χ2n) is 3.87. The Morgan fingerprint density at radius 2 is 2.25 bits per heavy atom. The molecule has 0 aromatic carbocycles. The Bertz CT molecular complexity index is 191. The second kappa shape index (κ2) is 4.44. The van der Waals surface area contributed by atoms with Gasteiger partial charge < -0.3 is 0 Å². The van der Waals surface area contributed by atoms with Gasteiger partial charge in [-0.15, -0.1) is 0 Å². The summed E-state index contributed by atoms with van der Waals surface area (Å²) in [5.41, 5.74) is 1.38. The summed E-state index contributed by atoms with van der Waals surface area (Å²) in [6.07, 6.45) is 7.31. The van der Waals surface area contributed by atoms with E-state index in [4.69, 9.17) is 0 Å². The van der Waals surface area contributed by atoms with Gasteiger partial charge in [0.15, 0.2) is 5.78 Å². The molecule has 0 saturated carbocycles. The van der Waals surface area contributed by atoms with Gasteiger partial charge in [-0.3, -0.25) is 4.79 Å². The quantitative estimate of drug-likeness (QED) is 0.627. The lowest BCUT2D eigenvalue weighted by Crippen LogP contribution is -1.94. The van der Waals surface area contributed by atoms with E-state index in [9.17, 15) is 4.79 Å². The number of hydrogen-bond acceptors (Lipinski definition) is 1. The van der Waals surface area contributed by atoms with Gasteiger partial charge in [0.05, 0.1) is 0 Å². The summed E-state index contributed by atoms with van der Waals surface area (Å²) in [5.74, 6) is 1.08. The molecular formula is C11H18O. The van der Waals surface area contributed by atoms with E-state index in [2.05, 4.69) is 13.8 Å². The summed E-state index contributed by atoms with van der Waals surface area (Å²) < 4.78 is 0. The van der Waals surface area contributed by atoms with Crippen molar-refractivity contribution >= 4 is 5.78 Å². The minimum absolute atomic E-state index is 0.327. The van der Waals surface area contributed by atoms with Crippen molar-refractivity contribution in [2.45, 2.75) is 46.0 Å². The maximum Gasteiger partial charge on any atom is 0.155 e. The maximum atomic E-state index is 10.9. The van der Waals surface area contributed by atoms with E-state index < -0.39 is 0 Å². The first-order valence-corrected chi connectivity index (χ1v) is 4.94. The smallest absolute Gasteiger partial charge is 0.155 e. The predicted octanol–water partition coefficient (Wildman–Crippen LogP) is 3.10. The molecule has 1 nitrogen and oxygen atoms in total. The minimum atomic E-state index is 0.327. The van der Waals surface area contributed by atoms with Crippen molar-refractivity contribution < 1.29 is 4.79 Å². The van der Waals surface area contributed by atoms with Crippen molar-refractivity contribution in [1.29, 1.82) is 0 Å². The highest BCUT2D eigenvalue weighted by atomic mass is 16.1. The summed E-state index contributed by atoms with van der Waals surface area (Å²) in [7, 11) is 0. The number of carbonyl (C=O) groups excluding carboxylic acids is 1. The molecule has 0 amide bonds. The summed E-state index contributed by atoms with van der Waals surface area (Å²) in [5, 5.41) is 0. The van der Waals surface area contributed by atoms with Crippen LogP contribution in [0.3, 0.4) is 0 Å². The topological polar surface area (TPSA) is 17.1 Å². The van der Waals surface area contributed by atoms with Crippen LogP contribution < -0.4 is 0 Å². The molecule has 0 heterocycles. The van der Waals surface area contributed by atoms with Gasteiger partial charge in [-0.1, -0.05) is 32.3 Å². The van der Waals surface area contributed by atoms with Gasteiger partial charge in [0.2, 0.25) is 0 Å². The van der Waals surface area contributed by atoms with Crippen LogP contribution >= 0.6 is 0 Å². The third kappa shape index (κ3) is 2.80. The molecule has 0 aromatic rings. The predicted molar refractivity (Wildman–Crippen MR) is 51.0 cm³/mol. The largest absolute Gasteiger partial charge is 0.295 e. The first kappa shape index (κ1) is 9.50. The fourth-order valence-electron chi connectivity index (χ4n) is 1.86. The lowest BCUT2D eigenvalue weighted by atomic mass is 9.97. The highest BCUT2D eigenvalue weighted by Gasteiger charge is 2.13. The Labute approximate surface area is 74.9 Å². The van der Waals surface area contributed by atoms with E-state index in [-0.39, 0.29) is 0 Å². The van der Waals surface area contributed by atoms with E-state index in [1.165, 1.54) is 18.4 Å². The number of hydrogen-bond donors (Lipinski definition) is 0. The molecule has 0 radical (unpaired) electrons. The van der Waals surface area contributed by atoms with Gasteiger partial charge in [-0.05, 0) is 24.8 Å². The monoisotopic (exact) mass is 166 g/mol. The van der Waals surface area contributed by atoms with E-state index in [1.807, 2.05) is 6.08 Å². The highest BCUT2D eigenvalue weighted by molar-refractivity contribution is 5.92. The number of ketones is 1. The molecule has 1 aliphatic carbocycles.